The van der Waals surface area contributed by atoms with Crippen LogP contribution in [0.1, 0.15) is 32.6 Å². The highest BCUT2D eigenvalue weighted by atomic mass is 35.5. The molecule has 1 heterocycles. The topological polar surface area (TPSA) is 78.5 Å². The number of aryl methyl sites for hydroxylation is 3. The van der Waals surface area contributed by atoms with Crippen LogP contribution in [0.25, 0.3) is 0 Å². The van der Waals surface area contributed by atoms with Crippen molar-refractivity contribution in [3.05, 3.63) is 99.2 Å². The Kier molecular flexibility index (Phi) is 6.26. The van der Waals surface area contributed by atoms with E-state index in [1.807, 2.05) is 52.0 Å². The minimum atomic E-state index is -0.577. The van der Waals surface area contributed by atoms with Gasteiger partial charge in [0, 0.05) is 16.9 Å². The molecule has 0 spiro atoms. The van der Waals surface area contributed by atoms with Crippen molar-refractivity contribution in [3.63, 3.8) is 0 Å². The van der Waals surface area contributed by atoms with Crippen LogP contribution in [0.3, 0.4) is 0 Å². The van der Waals surface area contributed by atoms with Crippen molar-refractivity contribution in [1.29, 1.82) is 0 Å². The number of carbonyl (C=O) groups is 3. The molecule has 2 N–H and O–H groups in total. The Morgan fingerprint density at radius 1 is 0.824 bits per heavy atom. The Morgan fingerprint density at radius 2 is 1.47 bits per heavy atom. The largest absolute Gasteiger partial charge is 0.350 e. The summed E-state index contributed by atoms with van der Waals surface area (Å²) < 4.78 is 0. The molecule has 7 heteroatoms. The summed E-state index contributed by atoms with van der Waals surface area (Å²) in [4.78, 5) is 39.5. The zero-order valence-corrected chi connectivity index (χ0v) is 20.1. The van der Waals surface area contributed by atoms with Gasteiger partial charge in [0.05, 0.1) is 5.69 Å². The summed E-state index contributed by atoms with van der Waals surface area (Å²) in [6.45, 7) is 7.71. The molecule has 1 aliphatic heterocycles. The van der Waals surface area contributed by atoms with Crippen LogP contribution in [-0.2, 0) is 9.59 Å². The van der Waals surface area contributed by atoms with E-state index < -0.39 is 11.8 Å². The summed E-state index contributed by atoms with van der Waals surface area (Å²) in [5.41, 5.74) is 6.12. The second kappa shape index (κ2) is 9.15. The quantitative estimate of drug-likeness (QED) is 0.472. The average Bonchev–Trinajstić information content (AvgIpc) is 2.99. The summed E-state index contributed by atoms with van der Waals surface area (Å²) >= 11 is 6.25. The Balaban J connectivity index is 1.50. The number of nitrogens with zero attached hydrogens (tertiary/aromatic N) is 1. The van der Waals surface area contributed by atoms with Crippen LogP contribution in [0.2, 0.25) is 0 Å². The van der Waals surface area contributed by atoms with Crippen LogP contribution in [0.15, 0.2) is 71.4 Å². The fraction of sp³-hybridized carbons (Fsp3) is 0.148. The van der Waals surface area contributed by atoms with Crippen molar-refractivity contribution >= 4 is 46.4 Å². The van der Waals surface area contributed by atoms with Gasteiger partial charge >= 0.3 is 0 Å². The summed E-state index contributed by atoms with van der Waals surface area (Å²) in [6, 6.07) is 17.9. The fourth-order valence-corrected chi connectivity index (χ4v) is 4.12. The normalized spacial score (nSPS) is 13.5. The number of benzene rings is 3. The number of amides is 3. The van der Waals surface area contributed by atoms with Gasteiger partial charge in [-0.2, -0.15) is 0 Å². The number of nitrogens with one attached hydrogen (secondary N) is 2. The van der Waals surface area contributed by atoms with Gasteiger partial charge in [-0.15, -0.1) is 0 Å². The predicted octanol–water partition coefficient (Wildman–Crippen LogP) is 5.61. The third kappa shape index (κ3) is 4.45. The minimum Gasteiger partial charge on any atom is -0.350 e. The first-order valence-electron chi connectivity index (χ1n) is 10.8. The van der Waals surface area contributed by atoms with Crippen molar-refractivity contribution < 1.29 is 14.4 Å². The number of hydrogen-bond donors (Lipinski definition) is 2. The number of carbonyl (C=O) groups excluding carboxylic acids is 3. The van der Waals surface area contributed by atoms with E-state index in [1.54, 1.807) is 36.4 Å². The molecule has 1 aliphatic rings. The average molecular weight is 474 g/mol. The molecular weight excluding hydrogens is 450 g/mol. The Bertz CT molecular complexity index is 1340. The maximum Gasteiger partial charge on any atom is 0.283 e. The molecule has 4 rings (SSSR count). The van der Waals surface area contributed by atoms with Gasteiger partial charge in [-0.05, 0) is 92.4 Å². The lowest BCUT2D eigenvalue weighted by molar-refractivity contribution is -0.120. The number of rotatable bonds is 5. The van der Waals surface area contributed by atoms with Crippen molar-refractivity contribution in [2.45, 2.75) is 27.7 Å². The second-order valence-corrected chi connectivity index (χ2v) is 8.76. The predicted molar refractivity (Wildman–Crippen MR) is 135 cm³/mol. The van der Waals surface area contributed by atoms with E-state index in [0.717, 1.165) is 32.8 Å². The van der Waals surface area contributed by atoms with E-state index in [1.165, 1.54) is 0 Å². The molecule has 0 saturated heterocycles. The molecule has 0 bridgehead atoms. The molecular formula is C27H24ClN3O3. The first kappa shape index (κ1) is 23.3. The van der Waals surface area contributed by atoms with E-state index in [4.69, 9.17) is 11.6 Å². The molecule has 0 unspecified atom stereocenters. The monoisotopic (exact) mass is 473 g/mol. The fourth-order valence-electron chi connectivity index (χ4n) is 3.91. The van der Waals surface area contributed by atoms with Crippen LogP contribution in [0.4, 0.5) is 17.1 Å². The molecule has 0 fully saturated rings. The van der Waals surface area contributed by atoms with Crippen LogP contribution in [0.5, 0.6) is 0 Å². The number of hydrogen-bond acceptors (Lipinski definition) is 4. The number of anilines is 3. The van der Waals surface area contributed by atoms with Crippen LogP contribution in [0, 0.1) is 27.7 Å². The molecule has 34 heavy (non-hydrogen) atoms. The molecule has 172 valence electrons. The SMILES string of the molecule is Cc1cc(C)cc(NC(=O)c2ccc(NC3=C(Cl)C(=O)N(c4cccc(C)c4C)C3=O)cc2)c1. The van der Waals surface area contributed by atoms with Gasteiger partial charge in [0.25, 0.3) is 17.7 Å². The maximum absolute atomic E-state index is 13.1. The molecule has 0 saturated carbocycles. The highest BCUT2D eigenvalue weighted by molar-refractivity contribution is 6.53. The van der Waals surface area contributed by atoms with E-state index in [9.17, 15) is 14.4 Å². The van der Waals surface area contributed by atoms with Crippen molar-refractivity contribution in [2.24, 2.45) is 0 Å². The number of halogens is 1. The molecule has 3 aromatic carbocycles. The standard InChI is InChI=1S/C27H24ClN3O3/c1-15-12-16(2)14-21(13-15)30-25(32)19-8-10-20(11-9-19)29-24-23(28)26(33)31(27(24)34)22-7-5-6-17(3)18(22)4/h5-14,29H,1-4H3,(H,30,32). The Morgan fingerprint density at radius 3 is 2.12 bits per heavy atom. The lowest BCUT2D eigenvalue weighted by Crippen LogP contribution is -2.33. The molecule has 3 amide bonds. The van der Waals surface area contributed by atoms with Gasteiger partial charge in [0.1, 0.15) is 10.7 Å². The van der Waals surface area contributed by atoms with E-state index in [2.05, 4.69) is 10.6 Å². The lowest BCUT2D eigenvalue weighted by Gasteiger charge is -2.18. The molecule has 3 aromatic rings. The van der Waals surface area contributed by atoms with Gasteiger partial charge < -0.3 is 10.6 Å². The third-order valence-corrected chi connectivity index (χ3v) is 6.09. The van der Waals surface area contributed by atoms with E-state index in [-0.39, 0.29) is 16.6 Å². The number of imide groups is 1. The van der Waals surface area contributed by atoms with Gasteiger partial charge in [0.2, 0.25) is 0 Å². The van der Waals surface area contributed by atoms with E-state index >= 15 is 0 Å². The Labute approximate surface area is 203 Å². The van der Waals surface area contributed by atoms with Gasteiger partial charge in [-0.1, -0.05) is 29.8 Å². The molecule has 6 nitrogen and oxygen atoms in total. The maximum atomic E-state index is 13.1. The third-order valence-electron chi connectivity index (χ3n) is 5.74. The second-order valence-electron chi connectivity index (χ2n) is 8.39. The first-order valence-corrected chi connectivity index (χ1v) is 11.1. The summed E-state index contributed by atoms with van der Waals surface area (Å²) in [5.74, 6) is -1.35. The van der Waals surface area contributed by atoms with Crippen molar-refractivity contribution in [2.75, 3.05) is 15.5 Å². The highest BCUT2D eigenvalue weighted by Gasteiger charge is 2.39. The van der Waals surface area contributed by atoms with Gasteiger partial charge in [-0.25, -0.2) is 4.90 Å². The lowest BCUT2D eigenvalue weighted by atomic mass is 10.1. The van der Waals surface area contributed by atoms with Gasteiger partial charge in [-0.3, -0.25) is 14.4 Å². The molecule has 0 aromatic heterocycles. The van der Waals surface area contributed by atoms with Crippen LogP contribution in [-0.4, -0.2) is 17.7 Å². The highest BCUT2D eigenvalue weighted by Crippen LogP contribution is 2.33. The smallest absolute Gasteiger partial charge is 0.283 e. The first-order chi connectivity index (χ1) is 16.2. The van der Waals surface area contributed by atoms with Crippen LogP contribution >= 0.6 is 11.6 Å². The molecule has 0 radical (unpaired) electrons. The zero-order valence-electron chi connectivity index (χ0n) is 19.3. The summed E-state index contributed by atoms with van der Waals surface area (Å²) in [5, 5.41) is 5.65. The molecule has 0 atom stereocenters. The van der Waals surface area contributed by atoms with E-state index in [0.29, 0.717) is 16.9 Å². The van der Waals surface area contributed by atoms with Crippen LogP contribution < -0.4 is 15.5 Å². The molecule has 0 aliphatic carbocycles. The van der Waals surface area contributed by atoms with Crippen molar-refractivity contribution in [1.82, 2.24) is 0 Å². The zero-order chi connectivity index (χ0) is 24.6. The minimum absolute atomic E-state index is 0.00000953. The van der Waals surface area contributed by atoms with Gasteiger partial charge in [0.15, 0.2) is 0 Å². The summed E-state index contributed by atoms with van der Waals surface area (Å²) in [7, 11) is 0. The van der Waals surface area contributed by atoms with Crippen molar-refractivity contribution in [3.8, 4) is 0 Å². The Hall–Kier alpha value is -3.90. The summed E-state index contributed by atoms with van der Waals surface area (Å²) in [6.07, 6.45) is 0.